The van der Waals surface area contributed by atoms with Crippen molar-refractivity contribution in [2.75, 3.05) is 0 Å². The predicted octanol–water partition coefficient (Wildman–Crippen LogP) is -0.258. The first kappa shape index (κ1) is 159. The Balaban J connectivity index is 0. The van der Waals surface area contributed by atoms with E-state index in [-0.39, 0.29) is 53.9 Å². The number of rotatable bonds is 0. The summed E-state index contributed by atoms with van der Waals surface area (Å²) in [4.78, 5) is 0. The SMILES string of the molecule is C.O.[H+].[Mn].[Mn].[OH-]. The van der Waals surface area contributed by atoms with Gasteiger partial charge in [0.2, 0.25) is 0 Å². The summed E-state index contributed by atoms with van der Waals surface area (Å²) in [5, 5.41) is 0. The van der Waals surface area contributed by atoms with E-state index in [0.29, 0.717) is 0 Å². The maximum Gasteiger partial charge on any atom is 1.00 e. The van der Waals surface area contributed by atoms with Crippen LogP contribution in [0.2, 0.25) is 0 Å². The van der Waals surface area contributed by atoms with Gasteiger partial charge in [0.15, 0.2) is 0 Å². The van der Waals surface area contributed by atoms with Crippen molar-refractivity contribution < 1.29 is 46.5 Å². The van der Waals surface area contributed by atoms with Crippen LogP contribution in [0.1, 0.15) is 8.85 Å². The average molecular weight is 162 g/mol. The van der Waals surface area contributed by atoms with Crippen LogP contribution in [0, 0.1) is 0 Å². The van der Waals surface area contributed by atoms with E-state index in [1.807, 2.05) is 0 Å². The van der Waals surface area contributed by atoms with Gasteiger partial charge in [0.05, 0.1) is 0 Å². The van der Waals surface area contributed by atoms with Crippen LogP contribution in [0.4, 0.5) is 0 Å². The molecule has 0 aromatic heterocycles. The summed E-state index contributed by atoms with van der Waals surface area (Å²) in [5.41, 5.74) is 0. The largest absolute Gasteiger partial charge is 1.00 e. The van der Waals surface area contributed by atoms with Crippen molar-refractivity contribution in [1.29, 1.82) is 0 Å². The van der Waals surface area contributed by atoms with Crippen molar-refractivity contribution in [2.24, 2.45) is 0 Å². The zero-order chi connectivity index (χ0) is 0. The second kappa shape index (κ2) is 84.5. The van der Waals surface area contributed by atoms with Gasteiger partial charge in [-0.25, -0.2) is 0 Å². The van der Waals surface area contributed by atoms with Crippen LogP contribution >= 0.6 is 0 Å². The molecule has 0 saturated carbocycles. The zero-order valence-corrected chi connectivity index (χ0v) is 4.06. The van der Waals surface area contributed by atoms with Gasteiger partial charge in [-0.3, -0.25) is 0 Å². The molecule has 0 aromatic carbocycles. The monoisotopic (exact) mass is 162 g/mol. The van der Waals surface area contributed by atoms with Crippen molar-refractivity contribution in [3.63, 3.8) is 0 Å². The fraction of sp³-hybridized carbons (Fsp3) is 1.00. The second-order valence-electron chi connectivity index (χ2n) is 0. The second-order valence-corrected chi connectivity index (χ2v) is 0. The molecule has 38 valence electrons. The molecule has 0 amide bonds. The Hall–Kier alpha value is 0.959. The minimum atomic E-state index is 0. The molecule has 0 rings (SSSR count). The van der Waals surface area contributed by atoms with E-state index in [1.54, 1.807) is 0 Å². The first-order valence-electron chi connectivity index (χ1n) is 0. The number of hydrogen-bond acceptors (Lipinski definition) is 1. The minimum Gasteiger partial charge on any atom is -0.870 e. The van der Waals surface area contributed by atoms with Gasteiger partial charge in [0.1, 0.15) is 0 Å². The third-order valence-electron chi connectivity index (χ3n) is 0. The third-order valence-corrected chi connectivity index (χ3v) is 0. The molecule has 0 saturated heterocycles. The predicted molar refractivity (Wildman–Crippen MR) is 13.4 cm³/mol. The maximum absolute atomic E-state index is 0. The van der Waals surface area contributed by atoms with Gasteiger partial charge < -0.3 is 11.0 Å². The van der Waals surface area contributed by atoms with Crippen molar-refractivity contribution in [3.05, 3.63) is 0 Å². The van der Waals surface area contributed by atoms with Crippen molar-refractivity contribution >= 4 is 0 Å². The van der Waals surface area contributed by atoms with E-state index in [2.05, 4.69) is 0 Å². The van der Waals surface area contributed by atoms with Gasteiger partial charge >= 0.3 is 1.43 Å². The fourth-order valence-electron chi connectivity index (χ4n) is 0. The number of hydrogen-bond donors (Lipinski definition) is 0. The summed E-state index contributed by atoms with van der Waals surface area (Å²) >= 11 is 0. The van der Waals surface area contributed by atoms with Crippen molar-refractivity contribution in [2.45, 2.75) is 7.43 Å². The molecule has 0 spiro atoms. The van der Waals surface area contributed by atoms with Crippen LogP contribution < -0.4 is 0 Å². The first-order valence-corrected chi connectivity index (χ1v) is 0. The molecular formula is CH8Mn2O2. The van der Waals surface area contributed by atoms with Gasteiger partial charge in [-0.1, -0.05) is 7.43 Å². The average Bonchev–Trinajstić information content (AvgIpc) is 0. The summed E-state index contributed by atoms with van der Waals surface area (Å²) in [7, 11) is 0. The molecule has 0 bridgehead atoms. The molecular weight excluding hydrogens is 154 g/mol. The summed E-state index contributed by atoms with van der Waals surface area (Å²) in [5.74, 6) is 0. The van der Waals surface area contributed by atoms with Crippen LogP contribution in [-0.2, 0) is 34.1 Å². The molecule has 0 atom stereocenters. The van der Waals surface area contributed by atoms with Crippen LogP contribution in [0.3, 0.4) is 0 Å². The van der Waals surface area contributed by atoms with Crippen LogP contribution in [-0.4, -0.2) is 11.0 Å². The zero-order valence-electron chi connectivity index (χ0n) is 2.70. The maximum atomic E-state index is 0. The van der Waals surface area contributed by atoms with Crippen molar-refractivity contribution in [3.8, 4) is 0 Å². The smallest absolute Gasteiger partial charge is 0.870 e. The topological polar surface area (TPSA) is 61.5 Å². The molecule has 0 aromatic rings. The Bertz CT molecular complexity index is 11.5. The third kappa shape index (κ3) is 47.2. The Morgan fingerprint density at radius 3 is 1.00 bits per heavy atom. The molecule has 3 N–H and O–H groups in total. The first-order chi connectivity index (χ1) is 0. The quantitative estimate of drug-likeness (QED) is 0.452. The van der Waals surface area contributed by atoms with Gasteiger partial charge in [0.25, 0.3) is 0 Å². The van der Waals surface area contributed by atoms with E-state index < -0.39 is 0 Å². The molecule has 0 unspecified atom stereocenters. The Morgan fingerprint density at radius 2 is 1.00 bits per heavy atom. The fourth-order valence-corrected chi connectivity index (χ4v) is 0. The Labute approximate surface area is 54.4 Å². The summed E-state index contributed by atoms with van der Waals surface area (Å²) in [6.07, 6.45) is 0. The summed E-state index contributed by atoms with van der Waals surface area (Å²) < 4.78 is 0. The molecule has 0 aliphatic rings. The van der Waals surface area contributed by atoms with E-state index in [9.17, 15) is 0 Å². The Kier molecular flexibility index (Phi) is 2690. The Morgan fingerprint density at radius 1 is 1.00 bits per heavy atom. The standard InChI is InChI=1S/CH4.2Mn.2H2O/h1H4;;;2*1H2. The molecule has 2 radical (unpaired) electrons. The van der Waals surface area contributed by atoms with Gasteiger partial charge in [-0.15, -0.1) is 0 Å². The van der Waals surface area contributed by atoms with E-state index in [1.165, 1.54) is 0 Å². The van der Waals surface area contributed by atoms with Gasteiger partial charge in [-0.05, 0) is 0 Å². The summed E-state index contributed by atoms with van der Waals surface area (Å²) in [6, 6.07) is 0. The van der Waals surface area contributed by atoms with E-state index in [0.717, 1.165) is 0 Å². The van der Waals surface area contributed by atoms with Gasteiger partial charge in [0, 0.05) is 34.1 Å². The molecule has 0 fully saturated rings. The van der Waals surface area contributed by atoms with E-state index in [4.69, 9.17) is 0 Å². The summed E-state index contributed by atoms with van der Waals surface area (Å²) in [6.45, 7) is 0. The van der Waals surface area contributed by atoms with E-state index >= 15 is 0 Å². The van der Waals surface area contributed by atoms with Gasteiger partial charge in [-0.2, -0.15) is 0 Å². The molecule has 0 heterocycles. The molecule has 0 aliphatic carbocycles. The normalized spacial score (nSPS) is 0. The van der Waals surface area contributed by atoms with Crippen LogP contribution in [0.25, 0.3) is 0 Å². The molecule has 5 heavy (non-hydrogen) atoms. The van der Waals surface area contributed by atoms with Crippen LogP contribution in [0.5, 0.6) is 0 Å². The molecule has 4 heteroatoms. The molecule has 0 aliphatic heterocycles. The van der Waals surface area contributed by atoms with Crippen LogP contribution in [0.15, 0.2) is 0 Å². The van der Waals surface area contributed by atoms with Crippen molar-refractivity contribution in [1.82, 2.24) is 0 Å². The minimum absolute atomic E-state index is 0. The molecule has 2 nitrogen and oxygen atoms in total.